The molecular weight excluding hydrogens is 350 g/mol. The number of hydrogen-bond acceptors (Lipinski definition) is 5. The molecule has 0 bridgehead atoms. The van der Waals surface area contributed by atoms with Gasteiger partial charge in [0, 0.05) is 0 Å². The Labute approximate surface area is 142 Å². The summed E-state index contributed by atoms with van der Waals surface area (Å²) >= 11 is 0. The van der Waals surface area contributed by atoms with Crippen LogP contribution in [0.3, 0.4) is 0 Å². The summed E-state index contributed by atoms with van der Waals surface area (Å²) in [7, 11) is 0. The van der Waals surface area contributed by atoms with Gasteiger partial charge in [0.15, 0.2) is 0 Å². The Bertz CT molecular complexity index is 83.3. The van der Waals surface area contributed by atoms with Gasteiger partial charge in [0.2, 0.25) is 0 Å². The summed E-state index contributed by atoms with van der Waals surface area (Å²) in [5.41, 5.74) is 0. The van der Waals surface area contributed by atoms with Gasteiger partial charge in [-0.25, -0.2) is 0 Å². The summed E-state index contributed by atoms with van der Waals surface area (Å²) in [6.45, 7) is 6.11. The molecule has 7 heteroatoms. The van der Waals surface area contributed by atoms with Crippen LogP contribution in [0.1, 0.15) is 0 Å². The Hall–Kier alpha value is 1.53. The van der Waals surface area contributed by atoms with E-state index in [0.29, 0.717) is 66.1 Å². The largest absolute Gasteiger partial charge is 1.00 e. The van der Waals surface area contributed by atoms with Crippen molar-refractivity contribution in [2.24, 2.45) is 0 Å². The van der Waals surface area contributed by atoms with Crippen molar-refractivity contribution in [2.75, 3.05) is 66.1 Å². The van der Waals surface area contributed by atoms with Crippen LogP contribution in [-0.4, -0.2) is 66.1 Å². The van der Waals surface area contributed by atoms with Crippen LogP contribution in [0.25, 0.3) is 0 Å². The van der Waals surface area contributed by atoms with Crippen molar-refractivity contribution in [3.8, 4) is 0 Å². The van der Waals surface area contributed by atoms with Crippen molar-refractivity contribution in [1.82, 2.24) is 0 Å². The van der Waals surface area contributed by atoms with E-state index in [1.807, 2.05) is 0 Å². The summed E-state index contributed by atoms with van der Waals surface area (Å²) in [6.07, 6.45) is 0. The zero-order valence-corrected chi connectivity index (χ0v) is 14.6. The molecule has 0 spiro atoms. The molecule has 98 valence electrons. The van der Waals surface area contributed by atoms with Crippen molar-refractivity contribution < 1.29 is 77.2 Å². The maximum Gasteiger partial charge on any atom is 1.00 e. The van der Waals surface area contributed by atoms with Gasteiger partial charge in [-0.05, 0) is 0 Å². The average Bonchev–Trinajstić information content (AvgIpc) is 2.27. The smallest absolute Gasteiger partial charge is 1.00 e. The summed E-state index contributed by atoms with van der Waals surface area (Å²) in [6, 6.07) is 0. The molecule has 0 aromatic carbocycles. The van der Waals surface area contributed by atoms with Crippen LogP contribution in [0.4, 0.5) is 0 Å². The van der Waals surface area contributed by atoms with Crippen molar-refractivity contribution in [3.05, 3.63) is 0 Å². The molecule has 0 N–H and O–H groups in total. The van der Waals surface area contributed by atoms with Crippen LogP contribution >= 0.6 is 0 Å². The topological polar surface area (TPSA) is 46.2 Å². The predicted octanol–water partition coefficient (Wildman–Crippen LogP) is -5.91. The molecule has 1 aliphatic rings. The number of halogens is 1. The first kappa shape index (κ1) is 20.8. The molecule has 1 rings (SSSR count). The van der Waals surface area contributed by atoms with Gasteiger partial charge in [-0.3, -0.25) is 0 Å². The molecule has 1 saturated heterocycles. The maximum atomic E-state index is 5.28. The van der Waals surface area contributed by atoms with E-state index in [1.54, 1.807) is 0 Å². The molecular formula is C10H20INaO5. The first-order valence-electron chi connectivity index (χ1n) is 5.39. The van der Waals surface area contributed by atoms with E-state index in [1.165, 1.54) is 0 Å². The van der Waals surface area contributed by atoms with Gasteiger partial charge >= 0.3 is 29.6 Å². The summed E-state index contributed by atoms with van der Waals surface area (Å²) in [5, 5.41) is 0. The number of ether oxygens (including phenoxy) is 5. The third kappa shape index (κ3) is 15.5. The van der Waals surface area contributed by atoms with Gasteiger partial charge in [-0.15, -0.1) is 0 Å². The van der Waals surface area contributed by atoms with Crippen LogP contribution in [0.2, 0.25) is 0 Å². The molecule has 0 atom stereocenters. The molecule has 0 radical (unpaired) electrons. The summed E-state index contributed by atoms with van der Waals surface area (Å²) < 4.78 is 26.4. The van der Waals surface area contributed by atoms with Crippen molar-refractivity contribution in [2.45, 2.75) is 0 Å². The molecule has 1 fully saturated rings. The first-order chi connectivity index (χ1) is 7.50. The van der Waals surface area contributed by atoms with Gasteiger partial charge in [0.05, 0.1) is 66.1 Å². The fourth-order valence-electron chi connectivity index (χ4n) is 1.10. The molecule has 1 aliphatic heterocycles. The molecule has 0 unspecified atom stereocenters. The van der Waals surface area contributed by atoms with Gasteiger partial charge in [-0.2, -0.15) is 0 Å². The van der Waals surface area contributed by atoms with Crippen molar-refractivity contribution in [3.63, 3.8) is 0 Å². The van der Waals surface area contributed by atoms with Crippen molar-refractivity contribution >= 4 is 0 Å². The van der Waals surface area contributed by atoms with E-state index >= 15 is 0 Å². The Kier molecular flexibility index (Phi) is 21.5. The SMILES string of the molecule is C1COCCOCCOCCOCCO1.[I-].[Na+]. The van der Waals surface area contributed by atoms with Gasteiger partial charge in [0.1, 0.15) is 0 Å². The Morgan fingerprint density at radius 2 is 0.471 bits per heavy atom. The fourth-order valence-corrected chi connectivity index (χ4v) is 1.10. The predicted molar refractivity (Wildman–Crippen MR) is 54.1 cm³/mol. The Balaban J connectivity index is 0. The van der Waals surface area contributed by atoms with E-state index in [9.17, 15) is 0 Å². The minimum Gasteiger partial charge on any atom is -1.00 e. The molecule has 0 aromatic rings. The molecule has 5 nitrogen and oxygen atoms in total. The second-order valence-corrected chi connectivity index (χ2v) is 3.06. The number of hydrogen-bond donors (Lipinski definition) is 0. The monoisotopic (exact) mass is 370 g/mol. The second-order valence-electron chi connectivity index (χ2n) is 3.06. The quantitative estimate of drug-likeness (QED) is 0.314. The average molecular weight is 370 g/mol. The standard InChI is InChI=1S/C10H20O5.HI.Na/c1-2-12-5-6-14-9-10-15-8-7-13-4-3-11-1;;/h1-10H2;1H;/q;;+1/p-1. The summed E-state index contributed by atoms with van der Waals surface area (Å²) in [4.78, 5) is 0. The van der Waals surface area contributed by atoms with Crippen molar-refractivity contribution in [1.29, 1.82) is 0 Å². The van der Waals surface area contributed by atoms with Gasteiger partial charge in [-0.1, -0.05) is 0 Å². The molecule has 0 amide bonds. The van der Waals surface area contributed by atoms with E-state index in [0.717, 1.165) is 0 Å². The first-order valence-corrected chi connectivity index (χ1v) is 5.39. The van der Waals surface area contributed by atoms with Crippen LogP contribution in [0.15, 0.2) is 0 Å². The molecule has 0 aliphatic carbocycles. The molecule has 1 heterocycles. The minimum absolute atomic E-state index is 0. The fraction of sp³-hybridized carbons (Fsp3) is 1.00. The number of rotatable bonds is 0. The maximum absolute atomic E-state index is 5.28. The second kappa shape index (κ2) is 17.5. The van der Waals surface area contributed by atoms with Gasteiger partial charge in [0.25, 0.3) is 0 Å². The van der Waals surface area contributed by atoms with Gasteiger partial charge < -0.3 is 47.7 Å². The van der Waals surface area contributed by atoms with E-state index < -0.39 is 0 Å². The van der Waals surface area contributed by atoms with Crippen LogP contribution < -0.4 is 53.5 Å². The third-order valence-corrected chi connectivity index (χ3v) is 1.86. The third-order valence-electron chi connectivity index (χ3n) is 1.86. The zero-order valence-electron chi connectivity index (χ0n) is 10.5. The molecule has 17 heavy (non-hydrogen) atoms. The normalized spacial score (nSPS) is 21.2. The van der Waals surface area contributed by atoms with E-state index in [4.69, 9.17) is 23.7 Å². The molecule has 0 saturated carbocycles. The van der Waals surface area contributed by atoms with E-state index in [-0.39, 0.29) is 53.5 Å². The van der Waals surface area contributed by atoms with Crippen LogP contribution in [-0.2, 0) is 23.7 Å². The van der Waals surface area contributed by atoms with Crippen LogP contribution in [0, 0.1) is 0 Å². The molecule has 0 aromatic heterocycles. The minimum atomic E-state index is 0. The Morgan fingerprint density at radius 1 is 0.353 bits per heavy atom. The van der Waals surface area contributed by atoms with E-state index in [2.05, 4.69) is 0 Å². The Morgan fingerprint density at radius 3 is 0.588 bits per heavy atom. The zero-order chi connectivity index (χ0) is 10.6. The summed E-state index contributed by atoms with van der Waals surface area (Å²) in [5.74, 6) is 0. The van der Waals surface area contributed by atoms with Crippen LogP contribution in [0.5, 0.6) is 0 Å².